The van der Waals surface area contributed by atoms with Gasteiger partial charge in [0.15, 0.2) is 0 Å². The minimum absolute atomic E-state index is 0.0310. The molecule has 5 nitrogen and oxygen atoms in total. The van der Waals surface area contributed by atoms with Gasteiger partial charge in [-0.25, -0.2) is 0 Å². The van der Waals surface area contributed by atoms with Gasteiger partial charge in [-0.2, -0.15) is 0 Å². The predicted octanol–water partition coefficient (Wildman–Crippen LogP) is 3.01. The van der Waals surface area contributed by atoms with E-state index in [0.717, 1.165) is 25.7 Å². The van der Waals surface area contributed by atoms with E-state index in [4.69, 9.17) is 4.42 Å². The molecule has 1 saturated carbocycles. The molecule has 1 fully saturated rings. The highest BCUT2D eigenvalue weighted by molar-refractivity contribution is 5.88. The quantitative estimate of drug-likeness (QED) is 0.811. The molecule has 1 aromatic rings. The van der Waals surface area contributed by atoms with Crippen molar-refractivity contribution in [3.05, 3.63) is 24.2 Å². The van der Waals surface area contributed by atoms with Crippen LogP contribution in [-0.2, 0) is 16.1 Å². The first-order valence-corrected chi connectivity index (χ1v) is 8.66. The van der Waals surface area contributed by atoms with Gasteiger partial charge in [0.1, 0.15) is 11.8 Å². The summed E-state index contributed by atoms with van der Waals surface area (Å²) in [4.78, 5) is 24.8. The SMILES string of the molecule is CC(C)C[C@@H](NC(=O)C1CCCCC1)C(=O)NCc1ccco1. The Bertz CT molecular complexity index is 490. The average Bonchev–Trinajstić information content (AvgIpc) is 3.05. The molecule has 23 heavy (non-hydrogen) atoms. The summed E-state index contributed by atoms with van der Waals surface area (Å²) >= 11 is 0. The van der Waals surface area contributed by atoms with Crippen molar-refractivity contribution in [2.75, 3.05) is 0 Å². The zero-order chi connectivity index (χ0) is 16.7. The van der Waals surface area contributed by atoms with Gasteiger partial charge in [-0.15, -0.1) is 0 Å². The van der Waals surface area contributed by atoms with E-state index in [9.17, 15) is 9.59 Å². The normalized spacial score (nSPS) is 17.0. The van der Waals surface area contributed by atoms with Gasteiger partial charge in [0.25, 0.3) is 0 Å². The third kappa shape index (κ3) is 5.73. The molecule has 5 heteroatoms. The molecule has 0 aromatic carbocycles. The summed E-state index contributed by atoms with van der Waals surface area (Å²) in [5.41, 5.74) is 0. The molecule has 0 unspecified atom stereocenters. The van der Waals surface area contributed by atoms with Gasteiger partial charge >= 0.3 is 0 Å². The highest BCUT2D eigenvalue weighted by Gasteiger charge is 2.27. The molecule has 1 atom stereocenters. The lowest BCUT2D eigenvalue weighted by Crippen LogP contribution is -2.49. The number of amides is 2. The Hall–Kier alpha value is -1.78. The average molecular weight is 320 g/mol. The highest BCUT2D eigenvalue weighted by atomic mass is 16.3. The Morgan fingerprint density at radius 3 is 2.61 bits per heavy atom. The Labute approximate surface area is 138 Å². The smallest absolute Gasteiger partial charge is 0.242 e. The zero-order valence-electron chi connectivity index (χ0n) is 14.1. The van der Waals surface area contributed by atoms with Crippen molar-refractivity contribution in [2.45, 2.75) is 65.0 Å². The molecule has 1 aromatic heterocycles. The van der Waals surface area contributed by atoms with Gasteiger partial charge in [-0.3, -0.25) is 9.59 Å². The van der Waals surface area contributed by atoms with E-state index in [-0.39, 0.29) is 17.7 Å². The number of hydrogen-bond acceptors (Lipinski definition) is 3. The summed E-state index contributed by atoms with van der Waals surface area (Å²) in [6, 6.07) is 3.13. The molecule has 1 aliphatic carbocycles. The number of carbonyl (C=O) groups is 2. The molecule has 128 valence electrons. The van der Waals surface area contributed by atoms with Crippen molar-refractivity contribution in [1.82, 2.24) is 10.6 Å². The van der Waals surface area contributed by atoms with Crippen molar-refractivity contribution in [3.8, 4) is 0 Å². The molecule has 2 rings (SSSR count). The fourth-order valence-corrected chi connectivity index (χ4v) is 3.07. The van der Waals surface area contributed by atoms with E-state index >= 15 is 0 Å². The van der Waals surface area contributed by atoms with Crippen LogP contribution in [0.15, 0.2) is 22.8 Å². The van der Waals surface area contributed by atoms with Crippen LogP contribution in [0.1, 0.15) is 58.1 Å². The summed E-state index contributed by atoms with van der Waals surface area (Å²) in [6.45, 7) is 4.46. The van der Waals surface area contributed by atoms with E-state index in [2.05, 4.69) is 24.5 Å². The summed E-state index contributed by atoms with van der Waals surface area (Å²) < 4.78 is 5.22. The summed E-state index contributed by atoms with van der Waals surface area (Å²) in [6.07, 6.45) is 7.53. The second kappa shape index (κ2) is 8.75. The zero-order valence-corrected chi connectivity index (χ0v) is 14.1. The lowest BCUT2D eigenvalue weighted by molar-refractivity contribution is -0.132. The maximum absolute atomic E-state index is 12.4. The fourth-order valence-electron chi connectivity index (χ4n) is 3.07. The van der Waals surface area contributed by atoms with Gasteiger partial charge in [0.05, 0.1) is 12.8 Å². The lowest BCUT2D eigenvalue weighted by atomic mass is 9.88. The second-order valence-corrected chi connectivity index (χ2v) is 6.82. The number of rotatable bonds is 7. The first-order valence-electron chi connectivity index (χ1n) is 8.66. The molecule has 0 saturated heterocycles. The molecule has 2 amide bonds. The van der Waals surface area contributed by atoms with E-state index in [1.54, 1.807) is 12.3 Å². The highest BCUT2D eigenvalue weighted by Crippen LogP contribution is 2.24. The topological polar surface area (TPSA) is 71.3 Å². The largest absolute Gasteiger partial charge is 0.467 e. The predicted molar refractivity (Wildman–Crippen MR) is 88.5 cm³/mol. The Morgan fingerprint density at radius 1 is 1.26 bits per heavy atom. The molecular weight excluding hydrogens is 292 g/mol. The van der Waals surface area contributed by atoms with Crippen LogP contribution in [0.5, 0.6) is 0 Å². The Balaban J connectivity index is 1.89. The summed E-state index contributed by atoms with van der Waals surface area (Å²) in [7, 11) is 0. The molecule has 0 bridgehead atoms. The first-order chi connectivity index (χ1) is 11.1. The van der Waals surface area contributed by atoms with E-state index in [0.29, 0.717) is 24.6 Å². The van der Waals surface area contributed by atoms with Crippen LogP contribution in [0.25, 0.3) is 0 Å². The van der Waals surface area contributed by atoms with Gasteiger partial charge in [0.2, 0.25) is 11.8 Å². The van der Waals surface area contributed by atoms with Crippen molar-refractivity contribution >= 4 is 11.8 Å². The lowest BCUT2D eigenvalue weighted by Gasteiger charge is -2.25. The third-order valence-corrected chi connectivity index (χ3v) is 4.33. The monoisotopic (exact) mass is 320 g/mol. The third-order valence-electron chi connectivity index (χ3n) is 4.33. The van der Waals surface area contributed by atoms with Gasteiger partial charge in [-0.05, 0) is 37.3 Å². The molecule has 0 aliphatic heterocycles. The molecule has 1 heterocycles. The number of furan rings is 1. The maximum Gasteiger partial charge on any atom is 0.242 e. The van der Waals surface area contributed by atoms with Crippen LogP contribution >= 0.6 is 0 Å². The molecule has 0 radical (unpaired) electrons. The van der Waals surface area contributed by atoms with Crippen LogP contribution < -0.4 is 10.6 Å². The molecular formula is C18H28N2O3. The summed E-state index contributed by atoms with van der Waals surface area (Å²) in [5.74, 6) is 1.00. The Kier molecular flexibility index (Phi) is 6.68. The van der Waals surface area contributed by atoms with Gasteiger partial charge in [0, 0.05) is 5.92 Å². The maximum atomic E-state index is 12.4. The Morgan fingerprint density at radius 2 is 2.00 bits per heavy atom. The van der Waals surface area contributed by atoms with E-state index in [1.165, 1.54) is 6.42 Å². The van der Waals surface area contributed by atoms with Gasteiger partial charge in [-0.1, -0.05) is 33.1 Å². The minimum Gasteiger partial charge on any atom is -0.467 e. The number of carbonyl (C=O) groups excluding carboxylic acids is 2. The van der Waals surface area contributed by atoms with Crippen LogP contribution in [0, 0.1) is 11.8 Å². The van der Waals surface area contributed by atoms with Crippen LogP contribution in [0.4, 0.5) is 0 Å². The molecule has 2 N–H and O–H groups in total. The van der Waals surface area contributed by atoms with Crippen molar-refractivity contribution in [1.29, 1.82) is 0 Å². The molecule has 1 aliphatic rings. The fraction of sp³-hybridized carbons (Fsp3) is 0.667. The van der Waals surface area contributed by atoms with Gasteiger partial charge < -0.3 is 15.1 Å². The first kappa shape index (κ1) is 17.6. The standard InChI is InChI=1S/C18H28N2O3/c1-13(2)11-16(18(22)19-12-15-9-6-10-23-15)20-17(21)14-7-4-3-5-8-14/h6,9-10,13-14,16H,3-5,7-8,11-12H2,1-2H3,(H,19,22)(H,20,21)/t16-/m1/s1. The number of hydrogen-bond donors (Lipinski definition) is 2. The second-order valence-electron chi connectivity index (χ2n) is 6.82. The minimum atomic E-state index is -0.473. The van der Waals surface area contributed by atoms with Crippen LogP contribution in [0.2, 0.25) is 0 Å². The van der Waals surface area contributed by atoms with Crippen molar-refractivity contribution < 1.29 is 14.0 Å². The van der Waals surface area contributed by atoms with Crippen molar-refractivity contribution in [3.63, 3.8) is 0 Å². The van der Waals surface area contributed by atoms with Crippen LogP contribution in [0.3, 0.4) is 0 Å². The van der Waals surface area contributed by atoms with Crippen molar-refractivity contribution in [2.24, 2.45) is 11.8 Å². The summed E-state index contributed by atoms with van der Waals surface area (Å²) in [5, 5.41) is 5.82. The molecule has 0 spiro atoms. The van der Waals surface area contributed by atoms with E-state index in [1.807, 2.05) is 6.07 Å². The number of nitrogens with one attached hydrogen (secondary N) is 2. The van der Waals surface area contributed by atoms with E-state index < -0.39 is 6.04 Å². The van der Waals surface area contributed by atoms with Crippen LogP contribution in [-0.4, -0.2) is 17.9 Å².